The van der Waals surface area contributed by atoms with Gasteiger partial charge in [-0.2, -0.15) is 10.2 Å². The SMILES string of the molecule is CC(=O)NCc1nc2c(s1)c1cnn(Cc3cccc4c3cnn4C)c(=O)c1n2C. The van der Waals surface area contributed by atoms with Crippen LogP contribution in [0, 0.1) is 0 Å². The highest BCUT2D eigenvalue weighted by atomic mass is 32.1. The van der Waals surface area contributed by atoms with Gasteiger partial charge >= 0.3 is 0 Å². The summed E-state index contributed by atoms with van der Waals surface area (Å²) in [4.78, 5) is 29.0. The molecule has 0 saturated carbocycles. The zero-order chi connectivity index (χ0) is 21.0. The van der Waals surface area contributed by atoms with Crippen LogP contribution in [0.25, 0.3) is 32.2 Å². The minimum atomic E-state index is -0.162. The molecule has 152 valence electrons. The molecule has 5 aromatic rings. The summed E-state index contributed by atoms with van der Waals surface area (Å²) in [5.74, 6) is -0.104. The maximum Gasteiger partial charge on any atom is 0.291 e. The van der Waals surface area contributed by atoms with Gasteiger partial charge in [0.15, 0.2) is 5.65 Å². The van der Waals surface area contributed by atoms with E-state index in [0.717, 1.165) is 37.2 Å². The van der Waals surface area contributed by atoms with E-state index < -0.39 is 0 Å². The number of aromatic nitrogens is 6. The normalized spacial score (nSPS) is 11.7. The second-order valence-corrected chi connectivity index (χ2v) is 8.30. The Labute approximate surface area is 174 Å². The molecule has 0 unspecified atom stereocenters. The van der Waals surface area contributed by atoms with Crippen LogP contribution in [0.15, 0.2) is 35.4 Å². The van der Waals surface area contributed by atoms with E-state index in [1.807, 2.05) is 47.7 Å². The monoisotopic (exact) mass is 421 g/mol. The maximum atomic E-state index is 13.2. The predicted molar refractivity (Wildman–Crippen MR) is 115 cm³/mol. The third-order valence-electron chi connectivity index (χ3n) is 5.26. The summed E-state index contributed by atoms with van der Waals surface area (Å²) >= 11 is 1.47. The predicted octanol–water partition coefficient (Wildman–Crippen LogP) is 1.92. The molecule has 1 aromatic carbocycles. The van der Waals surface area contributed by atoms with Gasteiger partial charge in [0.25, 0.3) is 5.56 Å². The maximum absolute atomic E-state index is 13.2. The Morgan fingerprint density at radius 1 is 1.17 bits per heavy atom. The van der Waals surface area contributed by atoms with Crippen LogP contribution >= 0.6 is 11.3 Å². The zero-order valence-corrected chi connectivity index (χ0v) is 17.5. The first-order chi connectivity index (χ1) is 14.4. The fourth-order valence-electron chi connectivity index (χ4n) is 3.76. The van der Waals surface area contributed by atoms with E-state index in [2.05, 4.69) is 20.5 Å². The Morgan fingerprint density at radius 3 is 2.77 bits per heavy atom. The number of hydrogen-bond donors (Lipinski definition) is 1. The minimum absolute atomic E-state index is 0.104. The molecule has 4 aromatic heterocycles. The highest BCUT2D eigenvalue weighted by Gasteiger charge is 2.18. The summed E-state index contributed by atoms with van der Waals surface area (Å²) < 4.78 is 6.00. The topological polar surface area (TPSA) is 99.6 Å². The number of carbonyl (C=O) groups excluding carboxylic acids is 1. The molecule has 30 heavy (non-hydrogen) atoms. The molecule has 1 N–H and O–H groups in total. The first-order valence-corrected chi connectivity index (χ1v) is 10.2. The molecule has 5 rings (SSSR count). The van der Waals surface area contributed by atoms with E-state index in [1.165, 1.54) is 22.9 Å². The van der Waals surface area contributed by atoms with Crippen LogP contribution in [0.2, 0.25) is 0 Å². The van der Waals surface area contributed by atoms with E-state index in [4.69, 9.17) is 0 Å². The molecule has 0 radical (unpaired) electrons. The fraction of sp³-hybridized carbons (Fsp3) is 0.250. The molecular weight excluding hydrogens is 402 g/mol. The average molecular weight is 421 g/mol. The highest BCUT2D eigenvalue weighted by molar-refractivity contribution is 7.19. The Kier molecular flexibility index (Phi) is 4.17. The molecule has 0 saturated heterocycles. The van der Waals surface area contributed by atoms with E-state index in [9.17, 15) is 9.59 Å². The van der Waals surface area contributed by atoms with E-state index in [0.29, 0.717) is 18.6 Å². The number of rotatable bonds is 4. The lowest BCUT2D eigenvalue weighted by Crippen LogP contribution is -2.24. The summed E-state index contributed by atoms with van der Waals surface area (Å²) in [5.41, 5.74) is 3.13. The quantitative estimate of drug-likeness (QED) is 0.478. The van der Waals surface area contributed by atoms with Crippen LogP contribution in [-0.2, 0) is 32.0 Å². The number of nitrogens with one attached hydrogen (secondary N) is 1. The molecule has 0 aliphatic carbocycles. The number of fused-ring (bicyclic) bond motifs is 4. The van der Waals surface area contributed by atoms with Crippen LogP contribution in [-0.4, -0.2) is 35.0 Å². The third kappa shape index (κ3) is 2.79. The van der Waals surface area contributed by atoms with Crippen molar-refractivity contribution in [3.05, 3.63) is 51.5 Å². The summed E-state index contributed by atoms with van der Waals surface area (Å²) in [5, 5.41) is 14.1. The highest BCUT2D eigenvalue weighted by Crippen LogP contribution is 2.30. The van der Waals surface area contributed by atoms with Crippen LogP contribution in [0.5, 0.6) is 0 Å². The zero-order valence-electron chi connectivity index (χ0n) is 16.7. The van der Waals surface area contributed by atoms with Crippen molar-refractivity contribution in [3.8, 4) is 0 Å². The molecule has 1 amide bonds. The summed E-state index contributed by atoms with van der Waals surface area (Å²) in [6, 6.07) is 5.95. The van der Waals surface area contributed by atoms with Crippen LogP contribution in [0.4, 0.5) is 0 Å². The van der Waals surface area contributed by atoms with Crippen molar-refractivity contribution in [2.24, 2.45) is 14.1 Å². The summed E-state index contributed by atoms with van der Waals surface area (Å²) in [6.07, 6.45) is 3.54. The van der Waals surface area contributed by atoms with Gasteiger partial charge in [0.1, 0.15) is 10.5 Å². The lowest BCUT2D eigenvalue weighted by Gasteiger charge is -2.07. The third-order valence-corrected chi connectivity index (χ3v) is 6.34. The molecule has 0 fully saturated rings. The smallest absolute Gasteiger partial charge is 0.291 e. The lowest BCUT2D eigenvalue weighted by atomic mass is 10.1. The summed E-state index contributed by atoms with van der Waals surface area (Å²) in [7, 11) is 3.73. The van der Waals surface area contributed by atoms with Crippen molar-refractivity contribution >= 4 is 49.4 Å². The van der Waals surface area contributed by atoms with Crippen molar-refractivity contribution in [1.29, 1.82) is 0 Å². The Morgan fingerprint density at radius 2 is 1.97 bits per heavy atom. The summed E-state index contributed by atoms with van der Waals surface area (Å²) in [6.45, 7) is 2.20. The van der Waals surface area contributed by atoms with Gasteiger partial charge in [0.2, 0.25) is 5.91 Å². The number of carbonyl (C=O) groups is 1. The minimum Gasteiger partial charge on any atom is -0.350 e. The van der Waals surface area contributed by atoms with Gasteiger partial charge in [0.05, 0.1) is 35.7 Å². The average Bonchev–Trinajstić information content (AvgIpc) is 3.38. The van der Waals surface area contributed by atoms with Gasteiger partial charge < -0.3 is 9.88 Å². The number of amides is 1. The largest absolute Gasteiger partial charge is 0.350 e. The van der Waals surface area contributed by atoms with Crippen molar-refractivity contribution in [1.82, 2.24) is 34.4 Å². The number of hydrogen-bond acceptors (Lipinski definition) is 6. The molecule has 0 atom stereocenters. The van der Waals surface area contributed by atoms with Crippen molar-refractivity contribution < 1.29 is 4.79 Å². The first kappa shape index (κ1) is 18.5. The van der Waals surface area contributed by atoms with Gasteiger partial charge in [-0.25, -0.2) is 9.67 Å². The van der Waals surface area contributed by atoms with Crippen LogP contribution in [0.3, 0.4) is 0 Å². The molecule has 9 nitrogen and oxygen atoms in total. The van der Waals surface area contributed by atoms with E-state index in [-0.39, 0.29) is 11.5 Å². The van der Waals surface area contributed by atoms with Crippen molar-refractivity contribution in [3.63, 3.8) is 0 Å². The van der Waals surface area contributed by atoms with Gasteiger partial charge in [-0.05, 0) is 11.6 Å². The van der Waals surface area contributed by atoms with Gasteiger partial charge in [-0.15, -0.1) is 11.3 Å². The molecule has 0 aliphatic rings. The molecular formula is C20H19N7O2S. The molecule has 4 heterocycles. The van der Waals surface area contributed by atoms with Gasteiger partial charge in [-0.1, -0.05) is 12.1 Å². The van der Waals surface area contributed by atoms with E-state index >= 15 is 0 Å². The van der Waals surface area contributed by atoms with Gasteiger partial charge in [-0.3, -0.25) is 14.3 Å². The second-order valence-electron chi connectivity index (χ2n) is 7.22. The first-order valence-electron chi connectivity index (χ1n) is 9.42. The van der Waals surface area contributed by atoms with Crippen LogP contribution in [0.1, 0.15) is 17.5 Å². The molecule has 0 aliphatic heterocycles. The fourth-order valence-corrected chi connectivity index (χ4v) is 4.80. The second kappa shape index (κ2) is 6.77. The Hall–Kier alpha value is -3.53. The molecule has 10 heteroatoms. The number of benzene rings is 1. The Balaban J connectivity index is 1.59. The molecule has 0 spiro atoms. The van der Waals surface area contributed by atoms with Crippen LogP contribution < -0.4 is 10.9 Å². The molecule has 0 bridgehead atoms. The number of thiazole rings is 1. The number of nitrogens with zero attached hydrogens (tertiary/aromatic N) is 6. The van der Waals surface area contributed by atoms with E-state index in [1.54, 1.807) is 6.20 Å². The van der Waals surface area contributed by atoms with Gasteiger partial charge in [0, 0.05) is 31.8 Å². The van der Waals surface area contributed by atoms with Crippen molar-refractivity contribution in [2.75, 3.05) is 0 Å². The number of aryl methyl sites for hydroxylation is 2. The standard InChI is InChI=1S/C20H19N7O2S/c1-11(28)21-9-16-24-19-18(30-16)14-8-23-27(20(29)17(14)25(19)2)10-12-5-4-6-15-13(12)7-22-26(15)3/h4-8H,9-10H2,1-3H3,(H,21,28). The lowest BCUT2D eigenvalue weighted by molar-refractivity contribution is -0.119. The van der Waals surface area contributed by atoms with Crippen molar-refractivity contribution in [2.45, 2.75) is 20.0 Å². The Bertz CT molecular complexity index is 1500.